The molecule has 0 saturated carbocycles. The van der Waals surface area contributed by atoms with E-state index in [1.807, 2.05) is 13.8 Å². The van der Waals surface area contributed by atoms with E-state index in [2.05, 4.69) is 6.58 Å². The lowest BCUT2D eigenvalue weighted by Gasteiger charge is -2.37. The normalized spacial score (nSPS) is 27.7. The van der Waals surface area contributed by atoms with Gasteiger partial charge in [-0.3, -0.25) is 0 Å². The van der Waals surface area contributed by atoms with E-state index >= 15 is 0 Å². The van der Waals surface area contributed by atoms with Crippen LogP contribution in [0.4, 0.5) is 8.78 Å². The number of nitrogens with zero attached hydrogens (tertiary/aromatic N) is 1. The van der Waals surface area contributed by atoms with Crippen LogP contribution < -0.4 is 5.73 Å². The summed E-state index contributed by atoms with van der Waals surface area (Å²) in [5.74, 6) is -0.494. The number of rotatable bonds is 5. The molecule has 2 N–H and O–H groups in total. The van der Waals surface area contributed by atoms with Gasteiger partial charge in [0.2, 0.25) is 0 Å². The standard InChI is InChI=1S/C13H22F2N2O/c1-4-11(16)5-12(15)13(6-14)17-7-9(2)18-10(3)8-17/h4,9-11H,1,5-8,16H2,2-3H3/b13-12-/t9-,10+,11?. The van der Waals surface area contributed by atoms with E-state index in [0.29, 0.717) is 13.1 Å². The molecule has 0 amide bonds. The molecule has 0 bridgehead atoms. The number of alkyl halides is 1. The number of hydrogen-bond donors (Lipinski definition) is 1. The molecule has 0 radical (unpaired) electrons. The van der Waals surface area contributed by atoms with E-state index in [1.54, 1.807) is 4.90 Å². The molecule has 1 aliphatic rings. The fraction of sp³-hybridized carbons (Fsp3) is 0.692. The van der Waals surface area contributed by atoms with Crippen LogP contribution in [0.5, 0.6) is 0 Å². The zero-order valence-corrected chi connectivity index (χ0v) is 11.0. The van der Waals surface area contributed by atoms with Crippen LogP contribution >= 0.6 is 0 Å². The highest BCUT2D eigenvalue weighted by molar-refractivity contribution is 5.11. The van der Waals surface area contributed by atoms with Crippen LogP contribution in [0, 0.1) is 0 Å². The summed E-state index contributed by atoms with van der Waals surface area (Å²) in [5.41, 5.74) is 5.68. The minimum absolute atomic E-state index is 0.0110. The number of halogens is 2. The molecule has 18 heavy (non-hydrogen) atoms. The summed E-state index contributed by atoms with van der Waals surface area (Å²) < 4.78 is 32.6. The van der Waals surface area contributed by atoms with Crippen molar-refractivity contribution in [2.75, 3.05) is 19.8 Å². The van der Waals surface area contributed by atoms with Crippen LogP contribution in [0.25, 0.3) is 0 Å². The molecule has 3 atom stereocenters. The van der Waals surface area contributed by atoms with Crippen LogP contribution in [-0.4, -0.2) is 42.9 Å². The van der Waals surface area contributed by atoms with Crippen LogP contribution in [0.3, 0.4) is 0 Å². The first kappa shape index (κ1) is 15.1. The van der Waals surface area contributed by atoms with Crippen LogP contribution in [0.15, 0.2) is 24.2 Å². The third kappa shape index (κ3) is 4.07. The van der Waals surface area contributed by atoms with E-state index in [0.717, 1.165) is 0 Å². The monoisotopic (exact) mass is 260 g/mol. The van der Waals surface area contributed by atoms with Gasteiger partial charge in [0.05, 0.1) is 17.9 Å². The molecule has 104 valence electrons. The van der Waals surface area contributed by atoms with Crippen molar-refractivity contribution < 1.29 is 13.5 Å². The van der Waals surface area contributed by atoms with Gasteiger partial charge in [0.25, 0.3) is 0 Å². The highest BCUT2D eigenvalue weighted by Crippen LogP contribution is 2.22. The van der Waals surface area contributed by atoms with Gasteiger partial charge in [-0.1, -0.05) is 6.08 Å². The zero-order valence-electron chi connectivity index (χ0n) is 11.0. The van der Waals surface area contributed by atoms with Gasteiger partial charge in [-0.25, -0.2) is 8.78 Å². The molecule has 1 fully saturated rings. The second-order valence-electron chi connectivity index (χ2n) is 4.75. The molecule has 3 nitrogen and oxygen atoms in total. The largest absolute Gasteiger partial charge is 0.372 e. The maximum absolute atomic E-state index is 14.0. The Kier molecular flexibility index (Phi) is 5.75. The van der Waals surface area contributed by atoms with Gasteiger partial charge >= 0.3 is 0 Å². The molecule has 1 saturated heterocycles. The van der Waals surface area contributed by atoms with Gasteiger partial charge in [0.15, 0.2) is 0 Å². The van der Waals surface area contributed by atoms with Crippen molar-refractivity contribution in [2.45, 2.75) is 38.5 Å². The minimum atomic E-state index is -0.824. The topological polar surface area (TPSA) is 38.5 Å². The SMILES string of the molecule is C=CC(N)C/C(F)=C(\CF)N1C[C@@H](C)O[C@@H](C)C1. The van der Waals surface area contributed by atoms with Crippen molar-refractivity contribution in [2.24, 2.45) is 5.73 Å². The molecule has 1 unspecified atom stereocenters. The number of morpholine rings is 1. The van der Waals surface area contributed by atoms with Crippen molar-refractivity contribution >= 4 is 0 Å². The van der Waals surface area contributed by atoms with Gasteiger partial charge in [-0.05, 0) is 13.8 Å². The predicted molar refractivity (Wildman–Crippen MR) is 68.5 cm³/mol. The van der Waals surface area contributed by atoms with Crippen molar-refractivity contribution in [1.29, 1.82) is 0 Å². The lowest BCUT2D eigenvalue weighted by Crippen LogP contribution is -2.45. The third-order valence-electron chi connectivity index (χ3n) is 2.96. The van der Waals surface area contributed by atoms with E-state index in [4.69, 9.17) is 10.5 Å². The van der Waals surface area contributed by atoms with Crippen LogP contribution in [-0.2, 0) is 4.74 Å². The maximum Gasteiger partial charge on any atom is 0.132 e. The molecule has 0 aromatic rings. The molecule has 1 rings (SSSR count). The average Bonchev–Trinajstić information content (AvgIpc) is 2.28. The zero-order chi connectivity index (χ0) is 13.7. The van der Waals surface area contributed by atoms with Gasteiger partial charge in [-0.2, -0.15) is 0 Å². The Balaban J connectivity index is 2.80. The first-order chi connectivity index (χ1) is 8.47. The Labute approximate surface area is 107 Å². The molecule has 1 heterocycles. The Hall–Kier alpha value is -0.940. The van der Waals surface area contributed by atoms with Gasteiger partial charge in [0, 0.05) is 25.6 Å². The van der Waals surface area contributed by atoms with Crippen LogP contribution in [0.1, 0.15) is 20.3 Å². The summed E-state index contributed by atoms with van der Waals surface area (Å²) in [6, 6.07) is -0.484. The second-order valence-corrected chi connectivity index (χ2v) is 4.75. The molecule has 0 aliphatic carbocycles. The van der Waals surface area contributed by atoms with Crippen molar-refractivity contribution in [1.82, 2.24) is 4.90 Å². The smallest absolute Gasteiger partial charge is 0.132 e. The first-order valence-electron chi connectivity index (χ1n) is 6.20. The lowest BCUT2D eigenvalue weighted by molar-refractivity contribution is -0.0599. The Morgan fingerprint density at radius 1 is 1.50 bits per heavy atom. The summed E-state index contributed by atoms with van der Waals surface area (Å²) in [6.07, 6.45) is 1.38. The Morgan fingerprint density at radius 3 is 2.50 bits per heavy atom. The first-order valence-corrected chi connectivity index (χ1v) is 6.20. The predicted octanol–water partition coefficient (Wildman–Crippen LogP) is 2.15. The quantitative estimate of drug-likeness (QED) is 0.770. The van der Waals surface area contributed by atoms with Crippen molar-refractivity contribution in [3.05, 3.63) is 24.2 Å². The van der Waals surface area contributed by atoms with Crippen LogP contribution in [0.2, 0.25) is 0 Å². The third-order valence-corrected chi connectivity index (χ3v) is 2.96. The second kappa shape index (κ2) is 6.85. The lowest BCUT2D eigenvalue weighted by atomic mass is 10.1. The van der Waals surface area contributed by atoms with E-state index in [1.165, 1.54) is 6.08 Å². The molecule has 0 aromatic carbocycles. The number of ether oxygens (including phenoxy) is 1. The van der Waals surface area contributed by atoms with Crippen molar-refractivity contribution in [3.63, 3.8) is 0 Å². The summed E-state index contributed by atoms with van der Waals surface area (Å²) >= 11 is 0. The fourth-order valence-corrected chi connectivity index (χ4v) is 2.13. The van der Waals surface area contributed by atoms with E-state index in [9.17, 15) is 8.78 Å². The fourth-order valence-electron chi connectivity index (χ4n) is 2.13. The Bertz CT molecular complexity index is 310. The maximum atomic E-state index is 14.0. The number of nitrogens with two attached hydrogens (primary N) is 1. The Morgan fingerprint density at radius 2 is 2.06 bits per heavy atom. The summed E-state index contributed by atoms with van der Waals surface area (Å²) in [5, 5.41) is 0. The molecule has 0 aromatic heterocycles. The highest BCUT2D eigenvalue weighted by atomic mass is 19.1. The number of hydrogen-bond acceptors (Lipinski definition) is 3. The van der Waals surface area contributed by atoms with E-state index in [-0.39, 0.29) is 24.3 Å². The summed E-state index contributed by atoms with van der Waals surface area (Å²) in [7, 11) is 0. The molecule has 5 heteroatoms. The highest BCUT2D eigenvalue weighted by Gasteiger charge is 2.26. The van der Waals surface area contributed by atoms with Gasteiger partial charge in [0.1, 0.15) is 12.5 Å². The average molecular weight is 260 g/mol. The van der Waals surface area contributed by atoms with Crippen molar-refractivity contribution in [3.8, 4) is 0 Å². The molecule has 0 spiro atoms. The summed E-state index contributed by atoms with van der Waals surface area (Å²) in [4.78, 5) is 1.71. The van der Waals surface area contributed by atoms with E-state index < -0.39 is 18.5 Å². The summed E-state index contributed by atoms with van der Waals surface area (Å²) in [6.45, 7) is 7.46. The number of allylic oxidation sites excluding steroid dienone is 1. The molecular formula is C13H22F2N2O. The minimum Gasteiger partial charge on any atom is -0.372 e. The van der Waals surface area contributed by atoms with Gasteiger partial charge < -0.3 is 15.4 Å². The molecule has 1 aliphatic heterocycles. The molecular weight excluding hydrogens is 238 g/mol. The van der Waals surface area contributed by atoms with Gasteiger partial charge in [-0.15, -0.1) is 6.58 Å².